The zero-order valence-corrected chi connectivity index (χ0v) is 13.2. The lowest BCUT2D eigenvalue weighted by Crippen LogP contribution is -2.63. The Labute approximate surface area is 123 Å². The molecule has 1 saturated carbocycles. The van der Waals surface area contributed by atoms with Crippen molar-refractivity contribution in [1.82, 2.24) is 10.2 Å². The Balaban J connectivity index is 1.91. The molecule has 2 aliphatic rings. The van der Waals surface area contributed by atoms with Gasteiger partial charge in [0.1, 0.15) is 0 Å². The van der Waals surface area contributed by atoms with E-state index >= 15 is 0 Å². The minimum Gasteiger partial charge on any atom is -0.309 e. The summed E-state index contributed by atoms with van der Waals surface area (Å²) in [6.07, 6.45) is 5.49. The van der Waals surface area contributed by atoms with Crippen LogP contribution < -0.4 is 5.32 Å². The summed E-state index contributed by atoms with van der Waals surface area (Å²) in [6.45, 7) is 9.35. The molecule has 3 rings (SSSR count). The average Bonchev–Trinajstić information content (AvgIpc) is 2.87. The van der Waals surface area contributed by atoms with Crippen LogP contribution in [0.25, 0.3) is 0 Å². The van der Waals surface area contributed by atoms with E-state index in [1.165, 1.54) is 31.2 Å². The maximum atomic E-state index is 3.74. The predicted molar refractivity (Wildman–Crippen MR) is 84.8 cm³/mol. The van der Waals surface area contributed by atoms with Crippen molar-refractivity contribution in [3.63, 3.8) is 0 Å². The van der Waals surface area contributed by atoms with Crippen LogP contribution in [0.4, 0.5) is 0 Å². The fourth-order valence-corrected chi connectivity index (χ4v) is 4.04. The first kappa shape index (κ1) is 14.1. The maximum absolute atomic E-state index is 3.74. The molecule has 1 atom stereocenters. The van der Waals surface area contributed by atoms with Crippen LogP contribution in [0.15, 0.2) is 30.3 Å². The first-order valence-electron chi connectivity index (χ1n) is 8.07. The van der Waals surface area contributed by atoms with Crippen LogP contribution in [0.5, 0.6) is 0 Å². The van der Waals surface area contributed by atoms with E-state index in [2.05, 4.69) is 61.3 Å². The topological polar surface area (TPSA) is 15.3 Å². The smallest absolute Gasteiger partial charge is 0.0479 e. The highest BCUT2D eigenvalue weighted by atomic mass is 15.3. The Kier molecular flexibility index (Phi) is 3.64. The van der Waals surface area contributed by atoms with Crippen molar-refractivity contribution in [3.05, 3.63) is 35.9 Å². The molecule has 2 fully saturated rings. The zero-order valence-electron chi connectivity index (χ0n) is 13.2. The summed E-state index contributed by atoms with van der Waals surface area (Å²) in [5.74, 6) is 0. The molecule has 1 saturated heterocycles. The van der Waals surface area contributed by atoms with Gasteiger partial charge >= 0.3 is 0 Å². The van der Waals surface area contributed by atoms with E-state index in [4.69, 9.17) is 0 Å². The summed E-state index contributed by atoms with van der Waals surface area (Å²) in [6, 6.07) is 11.6. The lowest BCUT2D eigenvalue weighted by molar-refractivity contribution is 0.00196. The monoisotopic (exact) mass is 272 g/mol. The lowest BCUT2D eigenvalue weighted by atomic mass is 9.87. The first-order valence-corrected chi connectivity index (χ1v) is 8.07. The van der Waals surface area contributed by atoms with Crippen molar-refractivity contribution in [2.75, 3.05) is 13.1 Å². The van der Waals surface area contributed by atoms with Gasteiger partial charge < -0.3 is 5.32 Å². The van der Waals surface area contributed by atoms with E-state index in [0.717, 1.165) is 13.1 Å². The van der Waals surface area contributed by atoms with Crippen LogP contribution in [0, 0.1) is 0 Å². The third kappa shape index (κ3) is 2.64. The molecule has 0 radical (unpaired) electrons. The van der Waals surface area contributed by atoms with Gasteiger partial charge in [-0.2, -0.15) is 0 Å². The summed E-state index contributed by atoms with van der Waals surface area (Å²) in [5, 5.41) is 3.74. The van der Waals surface area contributed by atoms with E-state index in [1.807, 2.05) is 0 Å². The van der Waals surface area contributed by atoms with Crippen molar-refractivity contribution in [2.24, 2.45) is 0 Å². The third-order valence-corrected chi connectivity index (χ3v) is 5.27. The van der Waals surface area contributed by atoms with Crippen LogP contribution in [0.3, 0.4) is 0 Å². The van der Waals surface area contributed by atoms with Crippen LogP contribution in [-0.4, -0.2) is 29.1 Å². The molecule has 1 aromatic carbocycles. The second-order valence-corrected chi connectivity index (χ2v) is 7.52. The van der Waals surface area contributed by atoms with Crippen LogP contribution >= 0.6 is 0 Å². The molecule has 1 N–H and O–H groups in total. The van der Waals surface area contributed by atoms with Gasteiger partial charge in [0.05, 0.1) is 0 Å². The molecule has 1 aliphatic heterocycles. The second kappa shape index (κ2) is 5.16. The molecular formula is C18H28N2. The molecule has 110 valence electrons. The van der Waals surface area contributed by atoms with E-state index in [9.17, 15) is 0 Å². The molecule has 0 aromatic heterocycles. The van der Waals surface area contributed by atoms with E-state index in [1.54, 1.807) is 0 Å². The number of hydrogen-bond acceptors (Lipinski definition) is 2. The number of rotatable bonds is 2. The van der Waals surface area contributed by atoms with Gasteiger partial charge in [0.25, 0.3) is 0 Å². The fourth-order valence-electron chi connectivity index (χ4n) is 4.04. The minimum atomic E-state index is 0.219. The van der Waals surface area contributed by atoms with Gasteiger partial charge in [-0.15, -0.1) is 0 Å². The van der Waals surface area contributed by atoms with Crippen molar-refractivity contribution in [3.8, 4) is 0 Å². The first-order chi connectivity index (χ1) is 9.50. The van der Waals surface area contributed by atoms with Gasteiger partial charge in [0.2, 0.25) is 0 Å². The lowest BCUT2D eigenvalue weighted by Gasteiger charge is -2.52. The summed E-state index contributed by atoms with van der Waals surface area (Å²) >= 11 is 0. The SMILES string of the molecule is CC1(C)CN(C2(C)CCCC2)C(c2ccccc2)CN1. The Morgan fingerprint density at radius 3 is 2.35 bits per heavy atom. The largest absolute Gasteiger partial charge is 0.309 e. The van der Waals surface area contributed by atoms with Gasteiger partial charge in [-0.05, 0) is 39.2 Å². The van der Waals surface area contributed by atoms with Crippen molar-refractivity contribution in [1.29, 1.82) is 0 Å². The number of benzene rings is 1. The Morgan fingerprint density at radius 2 is 1.70 bits per heavy atom. The molecule has 0 spiro atoms. The van der Waals surface area contributed by atoms with Crippen LogP contribution in [0.2, 0.25) is 0 Å². The average molecular weight is 272 g/mol. The molecule has 2 nitrogen and oxygen atoms in total. The van der Waals surface area contributed by atoms with Gasteiger partial charge in [0.15, 0.2) is 0 Å². The molecular weight excluding hydrogens is 244 g/mol. The number of nitrogens with zero attached hydrogens (tertiary/aromatic N) is 1. The van der Waals surface area contributed by atoms with Gasteiger partial charge in [-0.1, -0.05) is 43.2 Å². The Morgan fingerprint density at radius 1 is 1.05 bits per heavy atom. The third-order valence-electron chi connectivity index (χ3n) is 5.27. The molecule has 20 heavy (non-hydrogen) atoms. The predicted octanol–water partition coefficient (Wildman–Crippen LogP) is 3.74. The highest BCUT2D eigenvalue weighted by Crippen LogP contribution is 2.42. The van der Waals surface area contributed by atoms with Crippen LogP contribution in [0.1, 0.15) is 58.1 Å². The molecule has 1 unspecified atom stereocenters. The molecule has 1 heterocycles. The number of hydrogen-bond donors (Lipinski definition) is 1. The van der Waals surface area contributed by atoms with Crippen molar-refractivity contribution >= 4 is 0 Å². The van der Waals surface area contributed by atoms with Gasteiger partial charge in [-0.25, -0.2) is 0 Å². The summed E-state index contributed by atoms with van der Waals surface area (Å²) in [4.78, 5) is 2.80. The maximum Gasteiger partial charge on any atom is 0.0479 e. The van der Waals surface area contributed by atoms with Crippen molar-refractivity contribution in [2.45, 2.75) is 63.6 Å². The highest BCUT2D eigenvalue weighted by Gasteiger charge is 2.44. The fraction of sp³-hybridized carbons (Fsp3) is 0.667. The second-order valence-electron chi connectivity index (χ2n) is 7.52. The molecule has 1 aromatic rings. The summed E-state index contributed by atoms with van der Waals surface area (Å²) in [7, 11) is 0. The van der Waals surface area contributed by atoms with E-state index in [-0.39, 0.29) is 5.54 Å². The van der Waals surface area contributed by atoms with E-state index in [0.29, 0.717) is 11.6 Å². The Hall–Kier alpha value is -0.860. The Bertz CT molecular complexity index is 446. The molecule has 0 bridgehead atoms. The van der Waals surface area contributed by atoms with E-state index < -0.39 is 0 Å². The van der Waals surface area contributed by atoms with Crippen LogP contribution in [-0.2, 0) is 0 Å². The quantitative estimate of drug-likeness (QED) is 0.882. The normalized spacial score (nSPS) is 29.4. The number of nitrogens with one attached hydrogen (secondary N) is 1. The van der Waals surface area contributed by atoms with Gasteiger partial charge in [-0.3, -0.25) is 4.90 Å². The standard InChI is InChI=1S/C18H28N2/c1-17(2)14-20(18(3)11-7-8-12-18)16(13-19-17)15-9-5-4-6-10-15/h4-6,9-10,16,19H,7-8,11-14H2,1-3H3. The van der Waals surface area contributed by atoms with Crippen molar-refractivity contribution < 1.29 is 0 Å². The summed E-state index contributed by atoms with van der Waals surface area (Å²) in [5.41, 5.74) is 2.07. The zero-order chi connectivity index (χ0) is 14.2. The minimum absolute atomic E-state index is 0.219. The highest BCUT2D eigenvalue weighted by molar-refractivity contribution is 5.22. The molecule has 1 aliphatic carbocycles. The van der Waals surface area contributed by atoms with Gasteiger partial charge in [0, 0.05) is 30.2 Å². The molecule has 2 heteroatoms. The molecule has 0 amide bonds. The summed E-state index contributed by atoms with van der Waals surface area (Å²) < 4.78 is 0. The number of piperazine rings is 1.